The second-order valence-electron chi connectivity index (χ2n) is 12.6. The fraction of sp³-hybridized carbons (Fsp3) is 0.973. The normalized spacial score (nSPS) is 11.3. The molecule has 0 heterocycles. The van der Waals surface area contributed by atoms with Crippen molar-refractivity contribution in [3.63, 3.8) is 0 Å². The van der Waals surface area contributed by atoms with Gasteiger partial charge < -0.3 is 4.74 Å². The molecule has 39 heavy (non-hydrogen) atoms. The Balaban J connectivity index is 3.03. The molecule has 0 radical (unpaired) electrons. The van der Waals surface area contributed by atoms with Crippen molar-refractivity contribution in [1.29, 1.82) is 0 Å². The molecule has 0 N–H and O–H groups in total. The van der Waals surface area contributed by atoms with Gasteiger partial charge in [0, 0.05) is 6.42 Å². The maximum Gasteiger partial charge on any atom is 0.305 e. The van der Waals surface area contributed by atoms with Gasteiger partial charge in [-0.1, -0.05) is 212 Å². The second kappa shape index (κ2) is 35.5. The van der Waals surface area contributed by atoms with E-state index in [4.69, 9.17) is 0 Å². The quantitative estimate of drug-likeness (QED) is 0.0588. The minimum absolute atomic E-state index is 0.0595. The van der Waals surface area contributed by atoms with Crippen molar-refractivity contribution >= 4 is 5.97 Å². The van der Waals surface area contributed by atoms with Gasteiger partial charge in [-0.25, -0.2) is 0 Å². The lowest BCUT2D eigenvalue weighted by Gasteiger charge is -2.05. The summed E-state index contributed by atoms with van der Waals surface area (Å²) in [6, 6.07) is 0. The molecule has 0 aliphatic rings. The Bertz CT molecular complexity index is 447. The standard InChI is InChI=1S/C37H74O2/c1-3-4-5-6-7-8-9-10-11-12-13-14-15-16-17-18-19-20-21-22-23-24-25-26-27-28-29-30-31-32-33-34-35-36-37(38)39-2/h3-36H2,1-2H3. The number of esters is 1. The largest absolute Gasteiger partial charge is 0.469 e. The maximum absolute atomic E-state index is 11.1. The van der Waals surface area contributed by atoms with Crippen LogP contribution < -0.4 is 0 Å². The first-order valence-corrected chi connectivity index (χ1v) is 18.4. The van der Waals surface area contributed by atoms with Gasteiger partial charge in [0.05, 0.1) is 7.11 Å². The molecule has 0 rings (SSSR count). The highest BCUT2D eigenvalue weighted by molar-refractivity contribution is 5.68. The Morgan fingerprint density at radius 3 is 0.692 bits per heavy atom. The van der Waals surface area contributed by atoms with Gasteiger partial charge in [0.25, 0.3) is 0 Å². The molecule has 2 nitrogen and oxygen atoms in total. The summed E-state index contributed by atoms with van der Waals surface area (Å²) in [6.07, 6.45) is 47.7. The molecule has 0 fully saturated rings. The third-order valence-electron chi connectivity index (χ3n) is 8.71. The van der Waals surface area contributed by atoms with E-state index in [9.17, 15) is 4.79 Å². The fourth-order valence-electron chi connectivity index (χ4n) is 5.92. The van der Waals surface area contributed by atoms with E-state index in [1.165, 1.54) is 213 Å². The molecule has 0 aromatic rings. The number of carbonyl (C=O) groups is 1. The van der Waals surface area contributed by atoms with Crippen LogP contribution in [-0.4, -0.2) is 13.1 Å². The van der Waals surface area contributed by atoms with E-state index in [0.717, 1.165) is 6.42 Å². The molecule has 0 aromatic heterocycles. The van der Waals surface area contributed by atoms with Crippen LogP contribution >= 0.6 is 0 Å². The Morgan fingerprint density at radius 1 is 0.333 bits per heavy atom. The van der Waals surface area contributed by atoms with Crippen molar-refractivity contribution < 1.29 is 9.53 Å². The van der Waals surface area contributed by atoms with E-state index in [1.54, 1.807) is 0 Å². The Hall–Kier alpha value is -0.530. The van der Waals surface area contributed by atoms with Crippen LogP contribution in [0, 0.1) is 0 Å². The average Bonchev–Trinajstić information content (AvgIpc) is 2.95. The van der Waals surface area contributed by atoms with Crippen LogP contribution in [-0.2, 0) is 9.53 Å². The number of rotatable bonds is 34. The van der Waals surface area contributed by atoms with Gasteiger partial charge in [0.2, 0.25) is 0 Å². The van der Waals surface area contributed by atoms with Crippen LogP contribution in [0.2, 0.25) is 0 Å². The fourth-order valence-corrected chi connectivity index (χ4v) is 5.92. The van der Waals surface area contributed by atoms with Crippen LogP contribution in [0.15, 0.2) is 0 Å². The summed E-state index contributed by atoms with van der Waals surface area (Å²) < 4.78 is 4.68. The van der Waals surface area contributed by atoms with E-state index in [1.807, 2.05) is 0 Å². The van der Waals surface area contributed by atoms with Crippen LogP contribution in [0.4, 0.5) is 0 Å². The highest BCUT2D eigenvalue weighted by Crippen LogP contribution is 2.17. The predicted molar refractivity (Wildman–Crippen MR) is 175 cm³/mol. The number of hydrogen-bond donors (Lipinski definition) is 0. The molecule has 234 valence electrons. The molecule has 0 aliphatic heterocycles. The monoisotopic (exact) mass is 551 g/mol. The Kier molecular flexibility index (Phi) is 35.0. The van der Waals surface area contributed by atoms with Gasteiger partial charge in [0.1, 0.15) is 0 Å². The van der Waals surface area contributed by atoms with E-state index >= 15 is 0 Å². The minimum atomic E-state index is -0.0595. The lowest BCUT2D eigenvalue weighted by molar-refractivity contribution is -0.140. The smallest absolute Gasteiger partial charge is 0.305 e. The molecule has 0 aromatic carbocycles. The third kappa shape index (κ3) is 35.4. The topological polar surface area (TPSA) is 26.3 Å². The Morgan fingerprint density at radius 2 is 0.513 bits per heavy atom. The zero-order valence-corrected chi connectivity index (χ0v) is 27.4. The number of hydrogen-bond acceptors (Lipinski definition) is 2. The number of ether oxygens (including phenoxy) is 1. The third-order valence-corrected chi connectivity index (χ3v) is 8.71. The number of unbranched alkanes of at least 4 members (excludes halogenated alkanes) is 32. The molecule has 0 saturated heterocycles. The highest BCUT2D eigenvalue weighted by atomic mass is 16.5. The van der Waals surface area contributed by atoms with Crippen LogP contribution in [0.3, 0.4) is 0 Å². The maximum atomic E-state index is 11.1. The van der Waals surface area contributed by atoms with Crippen molar-refractivity contribution in [2.45, 2.75) is 225 Å². The minimum Gasteiger partial charge on any atom is -0.469 e. The van der Waals surface area contributed by atoms with Gasteiger partial charge in [-0.2, -0.15) is 0 Å². The van der Waals surface area contributed by atoms with E-state index in [-0.39, 0.29) is 5.97 Å². The summed E-state index contributed by atoms with van der Waals surface area (Å²) in [5.74, 6) is -0.0595. The summed E-state index contributed by atoms with van der Waals surface area (Å²) in [4.78, 5) is 11.1. The van der Waals surface area contributed by atoms with E-state index < -0.39 is 0 Å². The molecule has 0 bridgehead atoms. The molecular weight excluding hydrogens is 476 g/mol. The zero-order valence-electron chi connectivity index (χ0n) is 27.4. The summed E-state index contributed by atoms with van der Waals surface area (Å²) in [6.45, 7) is 2.30. The van der Waals surface area contributed by atoms with E-state index in [0.29, 0.717) is 6.42 Å². The van der Waals surface area contributed by atoms with Crippen molar-refractivity contribution in [1.82, 2.24) is 0 Å². The summed E-state index contributed by atoms with van der Waals surface area (Å²) in [7, 11) is 1.48. The summed E-state index contributed by atoms with van der Waals surface area (Å²) >= 11 is 0. The first-order chi connectivity index (χ1) is 19.3. The molecule has 0 aliphatic carbocycles. The molecule has 0 atom stereocenters. The first-order valence-electron chi connectivity index (χ1n) is 18.4. The lowest BCUT2D eigenvalue weighted by atomic mass is 10.0. The van der Waals surface area contributed by atoms with Gasteiger partial charge in [-0.05, 0) is 6.42 Å². The van der Waals surface area contributed by atoms with Gasteiger partial charge >= 0.3 is 5.97 Å². The highest BCUT2D eigenvalue weighted by Gasteiger charge is 2.00. The molecule has 0 saturated carbocycles. The van der Waals surface area contributed by atoms with E-state index in [2.05, 4.69) is 11.7 Å². The molecule has 0 spiro atoms. The SMILES string of the molecule is CCCCCCCCCCCCCCCCCCCCCCCCCCCCCCCCCCCC(=O)OC. The first kappa shape index (κ1) is 38.5. The van der Waals surface area contributed by atoms with Gasteiger partial charge in [-0.15, -0.1) is 0 Å². The predicted octanol–water partition coefficient (Wildman–Crippen LogP) is 13.4. The molecule has 0 unspecified atom stereocenters. The lowest BCUT2D eigenvalue weighted by Crippen LogP contribution is -1.99. The van der Waals surface area contributed by atoms with Gasteiger partial charge in [0.15, 0.2) is 0 Å². The van der Waals surface area contributed by atoms with Gasteiger partial charge in [-0.3, -0.25) is 4.79 Å². The van der Waals surface area contributed by atoms with Crippen molar-refractivity contribution in [3.8, 4) is 0 Å². The molecule has 0 amide bonds. The van der Waals surface area contributed by atoms with Crippen LogP contribution in [0.1, 0.15) is 225 Å². The number of methoxy groups -OCH3 is 1. The van der Waals surface area contributed by atoms with Crippen molar-refractivity contribution in [2.75, 3.05) is 7.11 Å². The second-order valence-corrected chi connectivity index (χ2v) is 12.6. The summed E-state index contributed by atoms with van der Waals surface area (Å²) in [5.41, 5.74) is 0. The van der Waals surface area contributed by atoms with Crippen LogP contribution in [0.5, 0.6) is 0 Å². The zero-order chi connectivity index (χ0) is 28.3. The molecule has 2 heteroatoms. The summed E-state index contributed by atoms with van der Waals surface area (Å²) in [5, 5.41) is 0. The average molecular weight is 551 g/mol. The van der Waals surface area contributed by atoms with Crippen LogP contribution in [0.25, 0.3) is 0 Å². The van der Waals surface area contributed by atoms with Crippen molar-refractivity contribution in [2.24, 2.45) is 0 Å². The number of carbonyl (C=O) groups excluding carboxylic acids is 1. The Labute approximate surface area is 247 Å². The molecular formula is C37H74O2. The van der Waals surface area contributed by atoms with Crippen molar-refractivity contribution in [3.05, 3.63) is 0 Å².